The zero-order chi connectivity index (χ0) is 14.5. The van der Waals surface area contributed by atoms with Crippen molar-refractivity contribution in [2.45, 2.75) is 38.5 Å². The van der Waals surface area contributed by atoms with E-state index in [0.717, 1.165) is 6.42 Å². The van der Waals surface area contributed by atoms with E-state index in [9.17, 15) is 9.18 Å². The number of hydrogen-bond acceptors (Lipinski definition) is 2. The zero-order valence-electron chi connectivity index (χ0n) is 11.3. The second kappa shape index (κ2) is 6.79. The van der Waals surface area contributed by atoms with Crippen molar-refractivity contribution in [3.63, 3.8) is 0 Å². The standard InChI is InChI=1S/C15H19FN2OS/c16-11-6-3-7-12(14(11)15(17)20)18-13(19)9-8-10-4-1-2-5-10/h3,6-7,10H,1-2,4-5,8-9H2,(H2,17,20)(H,18,19). The summed E-state index contributed by atoms with van der Waals surface area (Å²) in [7, 11) is 0. The number of amides is 1. The Morgan fingerprint density at radius 3 is 2.75 bits per heavy atom. The molecule has 5 heteroatoms. The SMILES string of the molecule is NC(=S)c1c(F)cccc1NC(=O)CCC1CCCC1. The zero-order valence-corrected chi connectivity index (χ0v) is 12.1. The third kappa shape index (κ3) is 3.76. The fraction of sp³-hybridized carbons (Fsp3) is 0.467. The normalized spacial score (nSPS) is 15.2. The molecule has 0 spiro atoms. The molecule has 1 aromatic rings. The number of benzene rings is 1. The highest BCUT2D eigenvalue weighted by atomic mass is 32.1. The van der Waals surface area contributed by atoms with Gasteiger partial charge in [0.1, 0.15) is 10.8 Å². The van der Waals surface area contributed by atoms with Gasteiger partial charge in [0.25, 0.3) is 0 Å². The maximum absolute atomic E-state index is 13.7. The first-order valence-electron chi connectivity index (χ1n) is 6.96. The van der Waals surface area contributed by atoms with Gasteiger partial charge in [0.15, 0.2) is 0 Å². The predicted octanol–water partition coefficient (Wildman–Crippen LogP) is 3.37. The highest BCUT2D eigenvalue weighted by Gasteiger charge is 2.17. The smallest absolute Gasteiger partial charge is 0.224 e. The first-order chi connectivity index (χ1) is 9.58. The molecule has 1 saturated carbocycles. The Hall–Kier alpha value is -1.49. The summed E-state index contributed by atoms with van der Waals surface area (Å²) in [6, 6.07) is 4.43. The summed E-state index contributed by atoms with van der Waals surface area (Å²) in [6.07, 6.45) is 6.31. The van der Waals surface area contributed by atoms with E-state index < -0.39 is 5.82 Å². The van der Waals surface area contributed by atoms with Gasteiger partial charge in [0, 0.05) is 6.42 Å². The Morgan fingerprint density at radius 2 is 2.10 bits per heavy atom. The molecule has 0 aromatic heterocycles. The second-order valence-corrected chi connectivity index (χ2v) is 5.70. The molecule has 0 radical (unpaired) electrons. The van der Waals surface area contributed by atoms with Gasteiger partial charge in [0.05, 0.1) is 11.3 Å². The van der Waals surface area contributed by atoms with Gasteiger partial charge in [-0.1, -0.05) is 44.0 Å². The number of rotatable bonds is 5. The molecule has 0 heterocycles. The molecule has 0 atom stereocenters. The molecule has 0 unspecified atom stereocenters. The molecule has 3 nitrogen and oxygen atoms in total. The van der Waals surface area contributed by atoms with E-state index in [1.165, 1.54) is 37.8 Å². The molecule has 3 N–H and O–H groups in total. The molecule has 1 amide bonds. The molecule has 2 rings (SSSR count). The van der Waals surface area contributed by atoms with Crippen LogP contribution in [0.25, 0.3) is 0 Å². The summed E-state index contributed by atoms with van der Waals surface area (Å²) in [5, 5.41) is 2.71. The van der Waals surface area contributed by atoms with Crippen LogP contribution in [-0.4, -0.2) is 10.9 Å². The van der Waals surface area contributed by atoms with Crippen LogP contribution in [0.3, 0.4) is 0 Å². The number of halogens is 1. The Morgan fingerprint density at radius 1 is 1.40 bits per heavy atom. The lowest BCUT2D eigenvalue weighted by Crippen LogP contribution is -2.19. The van der Waals surface area contributed by atoms with E-state index in [2.05, 4.69) is 5.32 Å². The van der Waals surface area contributed by atoms with E-state index in [0.29, 0.717) is 18.0 Å². The quantitative estimate of drug-likeness (QED) is 0.819. The predicted molar refractivity (Wildman–Crippen MR) is 82.1 cm³/mol. The van der Waals surface area contributed by atoms with E-state index >= 15 is 0 Å². The maximum Gasteiger partial charge on any atom is 0.224 e. The Kier molecular flexibility index (Phi) is 5.06. The van der Waals surface area contributed by atoms with Gasteiger partial charge in [0.2, 0.25) is 5.91 Å². The van der Waals surface area contributed by atoms with Crippen LogP contribution in [0.15, 0.2) is 18.2 Å². The van der Waals surface area contributed by atoms with Gasteiger partial charge in [-0.25, -0.2) is 4.39 Å². The summed E-state index contributed by atoms with van der Waals surface area (Å²) in [5.41, 5.74) is 5.97. The minimum Gasteiger partial charge on any atom is -0.389 e. The van der Waals surface area contributed by atoms with Crippen molar-refractivity contribution in [3.05, 3.63) is 29.6 Å². The number of nitrogens with two attached hydrogens (primary N) is 1. The van der Waals surface area contributed by atoms with Crippen LogP contribution >= 0.6 is 12.2 Å². The van der Waals surface area contributed by atoms with Crippen molar-refractivity contribution >= 4 is 28.8 Å². The van der Waals surface area contributed by atoms with Crippen LogP contribution in [0.1, 0.15) is 44.1 Å². The first-order valence-corrected chi connectivity index (χ1v) is 7.37. The molecule has 1 fully saturated rings. The Balaban J connectivity index is 1.96. The number of anilines is 1. The molecular formula is C15H19FN2OS. The third-order valence-electron chi connectivity index (χ3n) is 3.79. The summed E-state index contributed by atoms with van der Waals surface area (Å²) in [6.45, 7) is 0. The topological polar surface area (TPSA) is 55.1 Å². The van der Waals surface area contributed by atoms with Crippen LogP contribution in [0, 0.1) is 11.7 Å². The third-order valence-corrected chi connectivity index (χ3v) is 3.99. The van der Waals surface area contributed by atoms with Crippen LogP contribution < -0.4 is 11.1 Å². The van der Waals surface area contributed by atoms with Gasteiger partial charge in [-0.2, -0.15) is 0 Å². The minimum absolute atomic E-state index is 0.0470. The largest absolute Gasteiger partial charge is 0.389 e. The minimum atomic E-state index is -0.508. The average Bonchev–Trinajstić information content (AvgIpc) is 2.89. The van der Waals surface area contributed by atoms with E-state index in [4.69, 9.17) is 18.0 Å². The second-order valence-electron chi connectivity index (χ2n) is 5.26. The fourth-order valence-electron chi connectivity index (χ4n) is 2.73. The number of hydrogen-bond donors (Lipinski definition) is 2. The lowest BCUT2D eigenvalue weighted by atomic mass is 10.0. The lowest BCUT2D eigenvalue weighted by Gasteiger charge is -2.12. The van der Waals surface area contributed by atoms with Crippen molar-refractivity contribution in [3.8, 4) is 0 Å². The van der Waals surface area contributed by atoms with Crippen molar-refractivity contribution < 1.29 is 9.18 Å². The van der Waals surface area contributed by atoms with Crippen LogP contribution in [-0.2, 0) is 4.79 Å². The molecule has 20 heavy (non-hydrogen) atoms. The highest BCUT2D eigenvalue weighted by molar-refractivity contribution is 7.80. The number of nitrogens with one attached hydrogen (secondary N) is 1. The van der Waals surface area contributed by atoms with Gasteiger partial charge in [-0.05, 0) is 24.5 Å². The van der Waals surface area contributed by atoms with Crippen molar-refractivity contribution in [2.24, 2.45) is 11.7 Å². The van der Waals surface area contributed by atoms with E-state index in [1.807, 2.05) is 0 Å². The van der Waals surface area contributed by atoms with E-state index in [1.54, 1.807) is 6.07 Å². The van der Waals surface area contributed by atoms with Crippen LogP contribution in [0.2, 0.25) is 0 Å². The number of carbonyl (C=O) groups excluding carboxylic acids is 1. The van der Waals surface area contributed by atoms with Gasteiger partial charge in [-0.3, -0.25) is 4.79 Å². The van der Waals surface area contributed by atoms with Gasteiger partial charge >= 0.3 is 0 Å². The highest BCUT2D eigenvalue weighted by Crippen LogP contribution is 2.28. The van der Waals surface area contributed by atoms with Crippen molar-refractivity contribution in [2.75, 3.05) is 5.32 Å². The summed E-state index contributed by atoms with van der Waals surface area (Å²) in [4.78, 5) is 11.9. The lowest BCUT2D eigenvalue weighted by molar-refractivity contribution is -0.116. The number of carbonyl (C=O) groups is 1. The van der Waals surface area contributed by atoms with Crippen molar-refractivity contribution in [1.82, 2.24) is 0 Å². The molecule has 0 aliphatic heterocycles. The summed E-state index contributed by atoms with van der Waals surface area (Å²) < 4.78 is 13.7. The van der Waals surface area contributed by atoms with Gasteiger partial charge < -0.3 is 11.1 Å². The Labute approximate surface area is 123 Å². The number of thiocarbonyl (C=S) groups is 1. The average molecular weight is 294 g/mol. The first kappa shape index (κ1) is 14.9. The monoisotopic (exact) mass is 294 g/mol. The molecule has 1 aliphatic rings. The van der Waals surface area contributed by atoms with Crippen LogP contribution in [0.4, 0.5) is 10.1 Å². The summed E-state index contributed by atoms with van der Waals surface area (Å²) >= 11 is 4.83. The molecule has 108 valence electrons. The van der Waals surface area contributed by atoms with E-state index in [-0.39, 0.29) is 16.5 Å². The fourth-order valence-corrected chi connectivity index (χ4v) is 2.93. The summed E-state index contributed by atoms with van der Waals surface area (Å²) in [5.74, 6) is 0.0365. The molecule has 1 aliphatic carbocycles. The molecule has 1 aromatic carbocycles. The van der Waals surface area contributed by atoms with Crippen molar-refractivity contribution in [1.29, 1.82) is 0 Å². The maximum atomic E-state index is 13.7. The Bertz CT molecular complexity index is 513. The molecular weight excluding hydrogens is 275 g/mol. The van der Waals surface area contributed by atoms with Gasteiger partial charge in [-0.15, -0.1) is 0 Å². The molecule has 0 saturated heterocycles. The molecule has 0 bridgehead atoms. The van der Waals surface area contributed by atoms with Crippen LogP contribution in [0.5, 0.6) is 0 Å².